The molecule has 0 aromatic carbocycles. The van der Waals surface area contributed by atoms with Gasteiger partial charge in [-0.3, -0.25) is 4.79 Å². The standard InChI is InChI=1S/C6H13NO2/c1-3-4-6(2)7-9-5-8/h5-7H,3-4H2,1-2H3. The van der Waals surface area contributed by atoms with Crippen molar-refractivity contribution in [2.45, 2.75) is 32.7 Å². The minimum Gasteiger partial charge on any atom is -0.373 e. The molecule has 0 heterocycles. The second kappa shape index (κ2) is 5.56. The molecule has 1 atom stereocenters. The summed E-state index contributed by atoms with van der Waals surface area (Å²) in [5, 5.41) is 0. The lowest BCUT2D eigenvalue weighted by molar-refractivity contribution is -0.136. The van der Waals surface area contributed by atoms with Gasteiger partial charge in [-0.05, 0) is 13.3 Å². The largest absolute Gasteiger partial charge is 0.373 e. The third-order valence-corrected chi connectivity index (χ3v) is 1.04. The highest BCUT2D eigenvalue weighted by Gasteiger charge is 1.96. The molecule has 0 aromatic heterocycles. The number of rotatable bonds is 5. The molecule has 0 rings (SSSR count). The summed E-state index contributed by atoms with van der Waals surface area (Å²) >= 11 is 0. The maximum atomic E-state index is 9.63. The molecular weight excluding hydrogens is 118 g/mol. The maximum absolute atomic E-state index is 9.63. The third kappa shape index (κ3) is 5.30. The van der Waals surface area contributed by atoms with Gasteiger partial charge < -0.3 is 4.84 Å². The molecule has 0 amide bonds. The molecule has 1 N–H and O–H groups in total. The highest BCUT2D eigenvalue weighted by Crippen LogP contribution is 1.92. The van der Waals surface area contributed by atoms with E-state index in [0.29, 0.717) is 6.47 Å². The van der Waals surface area contributed by atoms with Crippen LogP contribution in [0, 0.1) is 0 Å². The first-order valence-electron chi connectivity index (χ1n) is 3.16. The van der Waals surface area contributed by atoms with Crippen LogP contribution in [0.4, 0.5) is 0 Å². The van der Waals surface area contributed by atoms with Crippen LogP contribution in [0.5, 0.6) is 0 Å². The van der Waals surface area contributed by atoms with Gasteiger partial charge in [0.25, 0.3) is 0 Å². The first-order chi connectivity index (χ1) is 4.31. The molecule has 3 nitrogen and oxygen atoms in total. The highest BCUT2D eigenvalue weighted by molar-refractivity contribution is 5.36. The summed E-state index contributed by atoms with van der Waals surface area (Å²) in [5.41, 5.74) is 2.57. The zero-order chi connectivity index (χ0) is 7.11. The number of carbonyl (C=O) groups excluding carboxylic acids is 1. The van der Waals surface area contributed by atoms with Crippen molar-refractivity contribution in [1.29, 1.82) is 0 Å². The fourth-order valence-corrected chi connectivity index (χ4v) is 0.636. The average molecular weight is 131 g/mol. The molecule has 0 aliphatic carbocycles. The third-order valence-electron chi connectivity index (χ3n) is 1.04. The minimum atomic E-state index is 0.264. The van der Waals surface area contributed by atoms with Crippen LogP contribution in [0.3, 0.4) is 0 Å². The number of hydroxylamine groups is 1. The first-order valence-corrected chi connectivity index (χ1v) is 3.16. The fourth-order valence-electron chi connectivity index (χ4n) is 0.636. The Morgan fingerprint density at radius 2 is 2.44 bits per heavy atom. The molecule has 0 aliphatic heterocycles. The van der Waals surface area contributed by atoms with Gasteiger partial charge in [-0.2, -0.15) is 5.48 Å². The summed E-state index contributed by atoms with van der Waals surface area (Å²) in [7, 11) is 0. The second-order valence-corrected chi connectivity index (χ2v) is 2.02. The van der Waals surface area contributed by atoms with E-state index in [1.807, 2.05) is 6.92 Å². The molecule has 0 saturated heterocycles. The molecule has 0 aromatic rings. The lowest BCUT2D eigenvalue weighted by Crippen LogP contribution is -2.25. The van der Waals surface area contributed by atoms with Gasteiger partial charge in [0.2, 0.25) is 0 Å². The normalized spacial score (nSPS) is 12.7. The summed E-state index contributed by atoms with van der Waals surface area (Å²) in [5.74, 6) is 0. The van der Waals surface area contributed by atoms with Gasteiger partial charge in [0, 0.05) is 6.04 Å². The van der Waals surface area contributed by atoms with Gasteiger partial charge in [0.05, 0.1) is 0 Å². The Balaban J connectivity index is 3.04. The topological polar surface area (TPSA) is 38.3 Å². The summed E-state index contributed by atoms with van der Waals surface area (Å²) < 4.78 is 0. The molecule has 54 valence electrons. The number of nitrogens with one attached hydrogen (secondary N) is 1. The number of hydrogen-bond donors (Lipinski definition) is 1. The monoisotopic (exact) mass is 131 g/mol. The van der Waals surface area contributed by atoms with Crippen molar-refractivity contribution in [3.63, 3.8) is 0 Å². The summed E-state index contributed by atoms with van der Waals surface area (Å²) in [6.45, 7) is 4.44. The van der Waals surface area contributed by atoms with Crippen LogP contribution in [0.25, 0.3) is 0 Å². The zero-order valence-corrected chi connectivity index (χ0v) is 5.89. The quantitative estimate of drug-likeness (QED) is 0.444. The van der Waals surface area contributed by atoms with Crippen LogP contribution >= 0.6 is 0 Å². The molecule has 0 bridgehead atoms. The number of hydrogen-bond acceptors (Lipinski definition) is 3. The van der Waals surface area contributed by atoms with Crippen LogP contribution in [-0.2, 0) is 9.63 Å². The van der Waals surface area contributed by atoms with E-state index in [-0.39, 0.29) is 6.04 Å². The van der Waals surface area contributed by atoms with E-state index in [1.54, 1.807) is 0 Å². The Morgan fingerprint density at radius 3 is 2.89 bits per heavy atom. The van der Waals surface area contributed by atoms with E-state index >= 15 is 0 Å². The Hall–Kier alpha value is -0.570. The Labute approximate surface area is 55.3 Å². The molecule has 0 saturated carbocycles. The molecule has 9 heavy (non-hydrogen) atoms. The zero-order valence-electron chi connectivity index (χ0n) is 5.89. The van der Waals surface area contributed by atoms with E-state index in [9.17, 15) is 4.79 Å². The summed E-state index contributed by atoms with van der Waals surface area (Å²) in [4.78, 5) is 13.9. The maximum Gasteiger partial charge on any atom is 0.312 e. The van der Waals surface area contributed by atoms with Gasteiger partial charge >= 0.3 is 6.47 Å². The lowest BCUT2D eigenvalue weighted by Gasteiger charge is -2.07. The smallest absolute Gasteiger partial charge is 0.312 e. The molecule has 1 unspecified atom stereocenters. The van der Waals surface area contributed by atoms with Gasteiger partial charge in [-0.15, -0.1) is 0 Å². The minimum absolute atomic E-state index is 0.264. The van der Waals surface area contributed by atoms with Crippen molar-refractivity contribution in [3.8, 4) is 0 Å². The van der Waals surface area contributed by atoms with Crippen LogP contribution in [0.15, 0.2) is 0 Å². The van der Waals surface area contributed by atoms with Crippen LogP contribution in [0.1, 0.15) is 26.7 Å². The predicted molar refractivity (Wildman–Crippen MR) is 34.7 cm³/mol. The van der Waals surface area contributed by atoms with Gasteiger partial charge in [0.1, 0.15) is 0 Å². The summed E-state index contributed by atoms with van der Waals surface area (Å²) in [6, 6.07) is 0.264. The van der Waals surface area contributed by atoms with E-state index < -0.39 is 0 Å². The molecule has 3 heteroatoms. The molecule has 0 spiro atoms. The van der Waals surface area contributed by atoms with Crippen molar-refractivity contribution >= 4 is 6.47 Å². The molecule has 0 radical (unpaired) electrons. The van der Waals surface area contributed by atoms with E-state index in [0.717, 1.165) is 12.8 Å². The highest BCUT2D eigenvalue weighted by atomic mass is 16.7. The van der Waals surface area contributed by atoms with Crippen LogP contribution in [0.2, 0.25) is 0 Å². The van der Waals surface area contributed by atoms with Gasteiger partial charge in [-0.25, -0.2) is 0 Å². The van der Waals surface area contributed by atoms with Crippen molar-refractivity contribution in [2.24, 2.45) is 0 Å². The van der Waals surface area contributed by atoms with Crippen molar-refractivity contribution in [2.75, 3.05) is 0 Å². The Morgan fingerprint density at radius 1 is 1.78 bits per heavy atom. The Bertz CT molecular complexity index is 75.5. The average Bonchev–Trinajstić information content (AvgIpc) is 1.85. The van der Waals surface area contributed by atoms with Crippen molar-refractivity contribution in [3.05, 3.63) is 0 Å². The van der Waals surface area contributed by atoms with E-state index in [2.05, 4.69) is 17.2 Å². The van der Waals surface area contributed by atoms with Crippen molar-refractivity contribution in [1.82, 2.24) is 5.48 Å². The van der Waals surface area contributed by atoms with Crippen molar-refractivity contribution < 1.29 is 9.63 Å². The Kier molecular flexibility index (Phi) is 5.21. The SMILES string of the molecule is CCCC(C)NOC=O. The van der Waals surface area contributed by atoms with Crippen LogP contribution in [-0.4, -0.2) is 12.5 Å². The molecule has 0 fully saturated rings. The molecule has 0 aliphatic rings. The van der Waals surface area contributed by atoms with E-state index in [4.69, 9.17) is 0 Å². The second-order valence-electron chi connectivity index (χ2n) is 2.02. The lowest BCUT2D eigenvalue weighted by atomic mass is 10.2. The molecular formula is C6H13NO2. The van der Waals surface area contributed by atoms with E-state index in [1.165, 1.54) is 0 Å². The fraction of sp³-hybridized carbons (Fsp3) is 0.833. The van der Waals surface area contributed by atoms with Gasteiger partial charge in [0.15, 0.2) is 0 Å². The number of carbonyl (C=O) groups is 1. The van der Waals surface area contributed by atoms with Crippen LogP contribution < -0.4 is 5.48 Å². The predicted octanol–water partition coefficient (Wildman–Crippen LogP) is 0.853. The van der Waals surface area contributed by atoms with Gasteiger partial charge in [-0.1, -0.05) is 13.3 Å². The summed E-state index contributed by atoms with van der Waals surface area (Å²) in [6.07, 6.45) is 2.12. The first kappa shape index (κ1) is 8.43.